The second kappa shape index (κ2) is 4.13. The Bertz CT molecular complexity index is 505. The van der Waals surface area contributed by atoms with Crippen LogP contribution >= 0.6 is 0 Å². The number of carbonyl (C=O) groups excluding carboxylic acids is 1. The molecule has 0 aliphatic rings. The van der Waals surface area contributed by atoms with Crippen LogP contribution in [0.15, 0.2) is 12.7 Å². The van der Waals surface area contributed by atoms with Gasteiger partial charge >= 0.3 is 0 Å². The number of H-pyrrole nitrogens is 1. The highest BCUT2D eigenvalue weighted by Gasteiger charge is 2.08. The number of hydrogen-bond donors (Lipinski definition) is 2. The summed E-state index contributed by atoms with van der Waals surface area (Å²) < 4.78 is 0. The Morgan fingerprint density at radius 2 is 2.25 bits per heavy atom. The number of anilines is 1. The Balaban J connectivity index is 2.15. The summed E-state index contributed by atoms with van der Waals surface area (Å²) in [5.41, 5.74) is 1.28. The Morgan fingerprint density at radius 1 is 1.44 bits per heavy atom. The monoisotopic (exact) mass is 220 g/mol. The van der Waals surface area contributed by atoms with E-state index in [0.29, 0.717) is 17.0 Å². The van der Waals surface area contributed by atoms with Gasteiger partial charge in [-0.2, -0.15) is 0 Å². The normalized spacial score (nSPS) is 10.4. The molecule has 2 heterocycles. The number of imidazole rings is 1. The standard InChI is InChI=1S/C9H12N6O/c1-15(2)6(16)3-10-8-7-9(12-4-11-7)14-5-13-8/h4-5H,3H2,1-2H3,(H2,10,11,12,13,14). The Hall–Kier alpha value is -2.18. The van der Waals surface area contributed by atoms with Gasteiger partial charge in [0.15, 0.2) is 11.5 Å². The molecular formula is C9H12N6O. The third-order valence-corrected chi connectivity index (χ3v) is 2.13. The summed E-state index contributed by atoms with van der Waals surface area (Å²) in [6.07, 6.45) is 2.95. The number of aromatic amines is 1. The zero-order chi connectivity index (χ0) is 11.5. The number of likely N-dealkylation sites (N-methyl/N-ethyl adjacent to an activating group) is 1. The van der Waals surface area contributed by atoms with Crippen molar-refractivity contribution in [3.63, 3.8) is 0 Å². The third kappa shape index (κ3) is 1.92. The Morgan fingerprint density at radius 3 is 3.00 bits per heavy atom. The molecule has 0 saturated carbocycles. The van der Waals surface area contributed by atoms with Gasteiger partial charge in [-0.05, 0) is 0 Å². The lowest BCUT2D eigenvalue weighted by atomic mass is 10.4. The summed E-state index contributed by atoms with van der Waals surface area (Å²) >= 11 is 0. The Labute approximate surface area is 91.9 Å². The van der Waals surface area contributed by atoms with Crippen molar-refractivity contribution in [1.29, 1.82) is 0 Å². The number of nitrogens with zero attached hydrogens (tertiary/aromatic N) is 4. The molecule has 2 aromatic heterocycles. The molecular weight excluding hydrogens is 208 g/mol. The number of hydrogen-bond acceptors (Lipinski definition) is 5. The van der Waals surface area contributed by atoms with Gasteiger partial charge < -0.3 is 15.2 Å². The highest BCUT2D eigenvalue weighted by Crippen LogP contribution is 2.13. The van der Waals surface area contributed by atoms with Crippen LogP contribution in [0.25, 0.3) is 11.2 Å². The van der Waals surface area contributed by atoms with Gasteiger partial charge in [-0.15, -0.1) is 0 Å². The summed E-state index contributed by atoms with van der Waals surface area (Å²) in [7, 11) is 3.41. The number of nitrogens with one attached hydrogen (secondary N) is 2. The molecule has 2 N–H and O–H groups in total. The van der Waals surface area contributed by atoms with Gasteiger partial charge in [0, 0.05) is 14.1 Å². The largest absolute Gasteiger partial charge is 0.359 e. The minimum absolute atomic E-state index is 0.0220. The second-order valence-electron chi connectivity index (χ2n) is 3.47. The Kier molecular flexibility index (Phi) is 2.67. The van der Waals surface area contributed by atoms with Gasteiger partial charge in [-0.3, -0.25) is 4.79 Å². The van der Waals surface area contributed by atoms with E-state index < -0.39 is 0 Å². The summed E-state index contributed by atoms with van der Waals surface area (Å²) in [6.45, 7) is 0.193. The lowest BCUT2D eigenvalue weighted by molar-refractivity contribution is -0.126. The highest BCUT2D eigenvalue weighted by atomic mass is 16.2. The zero-order valence-electron chi connectivity index (χ0n) is 9.06. The van der Waals surface area contributed by atoms with Crippen molar-refractivity contribution in [2.24, 2.45) is 0 Å². The van der Waals surface area contributed by atoms with Gasteiger partial charge in [0.05, 0.1) is 12.9 Å². The summed E-state index contributed by atoms with van der Waals surface area (Å²) in [5.74, 6) is 0.559. The van der Waals surface area contributed by atoms with E-state index in [9.17, 15) is 4.79 Å². The van der Waals surface area contributed by atoms with E-state index in [1.165, 1.54) is 17.6 Å². The van der Waals surface area contributed by atoms with Crippen molar-refractivity contribution in [2.75, 3.05) is 26.0 Å². The molecule has 0 atom stereocenters. The van der Waals surface area contributed by atoms with Crippen molar-refractivity contribution in [2.45, 2.75) is 0 Å². The maximum absolute atomic E-state index is 11.4. The van der Waals surface area contributed by atoms with E-state index in [2.05, 4.69) is 25.3 Å². The molecule has 2 rings (SSSR count). The molecule has 16 heavy (non-hydrogen) atoms. The van der Waals surface area contributed by atoms with Crippen LogP contribution in [0.5, 0.6) is 0 Å². The SMILES string of the molecule is CN(C)C(=O)CNc1ncnc2nc[nH]c12. The first kappa shape index (κ1) is 10.3. The molecule has 0 aliphatic heterocycles. The molecule has 0 bridgehead atoms. The first-order chi connectivity index (χ1) is 7.68. The average Bonchev–Trinajstić information content (AvgIpc) is 2.73. The molecule has 7 heteroatoms. The number of aromatic nitrogens is 4. The molecule has 0 radical (unpaired) electrons. The fourth-order valence-corrected chi connectivity index (χ4v) is 1.22. The van der Waals surface area contributed by atoms with Gasteiger partial charge in [0.25, 0.3) is 0 Å². The lowest BCUT2D eigenvalue weighted by Crippen LogP contribution is -2.28. The third-order valence-electron chi connectivity index (χ3n) is 2.13. The van der Waals surface area contributed by atoms with Crippen LogP contribution in [0, 0.1) is 0 Å². The fourth-order valence-electron chi connectivity index (χ4n) is 1.22. The number of fused-ring (bicyclic) bond motifs is 1. The maximum atomic E-state index is 11.4. The van der Waals surface area contributed by atoms with Crippen LogP contribution in [0.4, 0.5) is 5.82 Å². The van der Waals surface area contributed by atoms with Crippen LogP contribution in [0.3, 0.4) is 0 Å². The molecule has 0 saturated heterocycles. The van der Waals surface area contributed by atoms with Gasteiger partial charge in [-0.25, -0.2) is 15.0 Å². The molecule has 0 unspecified atom stereocenters. The highest BCUT2D eigenvalue weighted by molar-refractivity contribution is 5.86. The molecule has 2 aromatic rings. The molecule has 0 spiro atoms. The van der Waals surface area contributed by atoms with Crippen molar-refractivity contribution >= 4 is 22.9 Å². The topological polar surface area (TPSA) is 86.8 Å². The molecule has 1 amide bonds. The first-order valence-electron chi connectivity index (χ1n) is 4.76. The van der Waals surface area contributed by atoms with Crippen LogP contribution < -0.4 is 5.32 Å². The predicted molar refractivity (Wildman–Crippen MR) is 58.9 cm³/mol. The van der Waals surface area contributed by atoms with E-state index in [4.69, 9.17) is 0 Å². The predicted octanol–water partition coefficient (Wildman–Crippen LogP) is -0.147. The van der Waals surface area contributed by atoms with Gasteiger partial charge in [0.2, 0.25) is 5.91 Å². The van der Waals surface area contributed by atoms with Crippen LogP contribution in [0.2, 0.25) is 0 Å². The van der Waals surface area contributed by atoms with E-state index in [1.54, 1.807) is 14.1 Å². The smallest absolute Gasteiger partial charge is 0.241 e. The van der Waals surface area contributed by atoms with Crippen molar-refractivity contribution < 1.29 is 4.79 Å². The fraction of sp³-hybridized carbons (Fsp3) is 0.333. The molecule has 0 aromatic carbocycles. The lowest BCUT2D eigenvalue weighted by Gasteiger charge is -2.11. The van der Waals surface area contributed by atoms with Crippen LogP contribution in [-0.2, 0) is 4.79 Å². The second-order valence-corrected chi connectivity index (χ2v) is 3.47. The zero-order valence-corrected chi connectivity index (χ0v) is 9.06. The summed E-state index contributed by atoms with van der Waals surface area (Å²) in [5, 5.41) is 2.94. The van der Waals surface area contributed by atoms with E-state index >= 15 is 0 Å². The molecule has 84 valence electrons. The summed E-state index contributed by atoms with van der Waals surface area (Å²) in [4.78, 5) is 27.8. The van der Waals surface area contributed by atoms with Crippen molar-refractivity contribution in [3.8, 4) is 0 Å². The van der Waals surface area contributed by atoms with Gasteiger partial charge in [0.1, 0.15) is 11.8 Å². The minimum Gasteiger partial charge on any atom is -0.359 e. The van der Waals surface area contributed by atoms with Crippen LogP contribution in [-0.4, -0.2) is 51.4 Å². The van der Waals surface area contributed by atoms with E-state index in [0.717, 1.165) is 0 Å². The summed E-state index contributed by atoms with van der Waals surface area (Å²) in [6, 6.07) is 0. The average molecular weight is 220 g/mol. The molecule has 0 fully saturated rings. The van der Waals surface area contributed by atoms with Gasteiger partial charge in [-0.1, -0.05) is 0 Å². The van der Waals surface area contributed by atoms with Crippen molar-refractivity contribution in [1.82, 2.24) is 24.8 Å². The number of amides is 1. The molecule has 7 nitrogen and oxygen atoms in total. The van der Waals surface area contributed by atoms with E-state index in [-0.39, 0.29) is 12.5 Å². The number of carbonyl (C=O) groups is 1. The van der Waals surface area contributed by atoms with E-state index in [1.807, 2.05) is 0 Å². The van der Waals surface area contributed by atoms with Crippen molar-refractivity contribution in [3.05, 3.63) is 12.7 Å². The number of rotatable bonds is 3. The maximum Gasteiger partial charge on any atom is 0.241 e. The first-order valence-corrected chi connectivity index (χ1v) is 4.76. The minimum atomic E-state index is -0.0220. The van der Waals surface area contributed by atoms with Crippen LogP contribution in [0.1, 0.15) is 0 Å². The quantitative estimate of drug-likeness (QED) is 0.751. The molecule has 0 aliphatic carbocycles.